The highest BCUT2D eigenvalue weighted by Gasteiger charge is 2.50. The molecule has 1 aromatic heterocycles. The third-order valence-electron chi connectivity index (χ3n) is 3.68. The molecule has 7 heteroatoms. The summed E-state index contributed by atoms with van der Waals surface area (Å²) in [5, 5.41) is 9.41. The quantitative estimate of drug-likeness (QED) is 0.865. The van der Waals surface area contributed by atoms with Gasteiger partial charge >= 0.3 is 5.97 Å². The number of thioether (sulfide) groups is 1. The average Bonchev–Trinajstić information content (AvgIpc) is 2.88. The number of amides is 1. The molecular weight excluding hydrogens is 308 g/mol. The van der Waals surface area contributed by atoms with Crippen LogP contribution in [-0.4, -0.2) is 38.0 Å². The van der Waals surface area contributed by atoms with Gasteiger partial charge in [0, 0.05) is 10.6 Å². The topological polar surface area (TPSA) is 70.5 Å². The van der Waals surface area contributed by atoms with Crippen LogP contribution in [-0.2, 0) is 9.59 Å². The van der Waals surface area contributed by atoms with Crippen LogP contribution < -0.4 is 0 Å². The molecule has 1 saturated heterocycles. The number of β-lactam (4-membered cyclic amide) rings is 1. The molecule has 5 nitrogen and oxygen atoms in total. The number of aliphatic carboxylic acids is 1. The van der Waals surface area contributed by atoms with E-state index in [1.807, 2.05) is 19.9 Å². The van der Waals surface area contributed by atoms with Crippen LogP contribution in [0.5, 0.6) is 0 Å². The molecule has 21 heavy (non-hydrogen) atoms. The van der Waals surface area contributed by atoms with E-state index in [0.717, 1.165) is 10.6 Å². The van der Waals surface area contributed by atoms with E-state index in [9.17, 15) is 14.7 Å². The molecule has 1 aromatic rings. The fraction of sp³-hybridized carbons (Fsp3) is 0.357. The number of carboxylic acid groups (broad SMARTS) is 1. The van der Waals surface area contributed by atoms with Crippen LogP contribution in [0.25, 0.3) is 6.08 Å². The molecule has 3 heterocycles. The van der Waals surface area contributed by atoms with Gasteiger partial charge in [0.2, 0.25) is 5.91 Å². The van der Waals surface area contributed by atoms with Crippen molar-refractivity contribution in [2.45, 2.75) is 19.2 Å². The lowest BCUT2D eigenvalue weighted by Gasteiger charge is -2.48. The molecule has 2 atom stereocenters. The first kappa shape index (κ1) is 14.3. The molecule has 0 radical (unpaired) electrons. The number of rotatable bonds is 3. The Labute approximate surface area is 130 Å². The molecule has 0 unspecified atom stereocenters. The summed E-state index contributed by atoms with van der Waals surface area (Å²) in [5.41, 5.74) is 3.48. The standard InChI is InChI=1S/C14H14N2O3S2/c1-7-12(17)16-11(14(18)19)9(5-20-13(7)16)3-4-10-8(2)15-6-21-10/h3-4,6-7,13H,5H2,1-2H3,(H,18,19)/b4-3-/t7-,13-/m1/s1. The number of thiazole rings is 1. The lowest BCUT2D eigenvalue weighted by atomic mass is 9.97. The van der Waals surface area contributed by atoms with Crippen molar-refractivity contribution in [1.82, 2.24) is 9.88 Å². The maximum Gasteiger partial charge on any atom is 0.352 e. The van der Waals surface area contributed by atoms with Crippen LogP contribution in [0.1, 0.15) is 17.5 Å². The largest absolute Gasteiger partial charge is 0.477 e. The van der Waals surface area contributed by atoms with Crippen molar-refractivity contribution < 1.29 is 14.7 Å². The number of fused-ring (bicyclic) bond motifs is 1. The van der Waals surface area contributed by atoms with Crippen molar-refractivity contribution in [2.75, 3.05) is 5.75 Å². The van der Waals surface area contributed by atoms with E-state index < -0.39 is 5.97 Å². The Morgan fingerprint density at radius 3 is 2.90 bits per heavy atom. The van der Waals surface area contributed by atoms with E-state index in [4.69, 9.17) is 0 Å². The van der Waals surface area contributed by atoms with Crippen LogP contribution in [0, 0.1) is 12.8 Å². The lowest BCUT2D eigenvalue weighted by molar-refractivity contribution is -0.151. The number of allylic oxidation sites excluding steroid dienone is 1. The Morgan fingerprint density at radius 1 is 1.52 bits per heavy atom. The number of carbonyl (C=O) groups excluding carboxylic acids is 1. The van der Waals surface area contributed by atoms with Gasteiger partial charge in [0.05, 0.1) is 22.5 Å². The number of hydrogen-bond donors (Lipinski definition) is 1. The fourth-order valence-electron chi connectivity index (χ4n) is 2.48. The van der Waals surface area contributed by atoms with Crippen LogP contribution in [0.3, 0.4) is 0 Å². The summed E-state index contributed by atoms with van der Waals surface area (Å²) in [6.45, 7) is 3.76. The van der Waals surface area contributed by atoms with Gasteiger partial charge in [-0.05, 0) is 18.6 Å². The van der Waals surface area contributed by atoms with Crippen LogP contribution >= 0.6 is 23.1 Å². The fourth-order valence-corrected chi connectivity index (χ4v) is 4.52. The second-order valence-electron chi connectivity index (χ2n) is 5.01. The van der Waals surface area contributed by atoms with Crippen LogP contribution in [0.2, 0.25) is 0 Å². The Bertz CT molecular complexity index is 678. The predicted octanol–water partition coefficient (Wildman–Crippen LogP) is 2.35. The third kappa shape index (κ3) is 2.30. The maximum absolute atomic E-state index is 11.9. The molecule has 3 rings (SSSR count). The van der Waals surface area contributed by atoms with E-state index in [0.29, 0.717) is 11.3 Å². The zero-order chi connectivity index (χ0) is 15.1. The molecule has 1 fully saturated rings. The van der Waals surface area contributed by atoms with Crippen LogP contribution in [0.15, 0.2) is 22.9 Å². The Kier molecular flexibility index (Phi) is 3.62. The average molecular weight is 322 g/mol. The zero-order valence-corrected chi connectivity index (χ0v) is 13.2. The van der Waals surface area contributed by atoms with Gasteiger partial charge in [0.1, 0.15) is 5.70 Å². The number of aryl methyl sites for hydroxylation is 1. The van der Waals surface area contributed by atoms with Gasteiger partial charge in [0.25, 0.3) is 0 Å². The Morgan fingerprint density at radius 2 is 2.29 bits per heavy atom. The first-order valence-corrected chi connectivity index (χ1v) is 8.43. The molecule has 2 aliphatic rings. The molecule has 0 aliphatic carbocycles. The van der Waals surface area contributed by atoms with Gasteiger partial charge in [-0.3, -0.25) is 9.69 Å². The first-order chi connectivity index (χ1) is 10.0. The van der Waals surface area contributed by atoms with Gasteiger partial charge < -0.3 is 5.11 Å². The smallest absolute Gasteiger partial charge is 0.352 e. The van der Waals surface area contributed by atoms with Gasteiger partial charge in [0.15, 0.2) is 0 Å². The summed E-state index contributed by atoms with van der Waals surface area (Å²) in [4.78, 5) is 30.0. The van der Waals surface area contributed by atoms with E-state index in [-0.39, 0.29) is 22.9 Å². The highest BCUT2D eigenvalue weighted by molar-refractivity contribution is 8.00. The summed E-state index contributed by atoms with van der Waals surface area (Å²) in [5.74, 6) is -0.640. The second-order valence-corrected chi connectivity index (χ2v) is 7.00. The number of hydrogen-bond acceptors (Lipinski definition) is 5. The summed E-state index contributed by atoms with van der Waals surface area (Å²) >= 11 is 3.12. The number of carboxylic acids is 1. The number of carbonyl (C=O) groups is 2. The molecule has 1 amide bonds. The molecule has 110 valence electrons. The first-order valence-electron chi connectivity index (χ1n) is 6.50. The van der Waals surface area contributed by atoms with Gasteiger partial charge in [-0.25, -0.2) is 9.78 Å². The minimum Gasteiger partial charge on any atom is -0.477 e. The minimum atomic E-state index is -1.04. The van der Waals surface area contributed by atoms with Gasteiger partial charge in [-0.1, -0.05) is 13.0 Å². The third-order valence-corrected chi connectivity index (χ3v) is 6.02. The zero-order valence-electron chi connectivity index (χ0n) is 11.6. The molecule has 0 saturated carbocycles. The Balaban J connectivity index is 1.95. The summed E-state index contributed by atoms with van der Waals surface area (Å²) in [6, 6.07) is 0. The maximum atomic E-state index is 11.9. The van der Waals surface area contributed by atoms with Crippen molar-refractivity contribution in [2.24, 2.45) is 5.92 Å². The van der Waals surface area contributed by atoms with Crippen molar-refractivity contribution in [3.8, 4) is 0 Å². The normalized spacial score (nSPS) is 25.2. The van der Waals surface area contributed by atoms with Gasteiger partial charge in [-0.15, -0.1) is 23.1 Å². The van der Waals surface area contributed by atoms with E-state index in [2.05, 4.69) is 4.98 Å². The monoisotopic (exact) mass is 322 g/mol. The SMILES string of the molecule is Cc1ncsc1/C=C\C1=C(C(=O)O)N2C(=O)[C@@H](C)[C@H]2SC1. The molecule has 0 aromatic carbocycles. The number of aromatic nitrogens is 1. The van der Waals surface area contributed by atoms with E-state index in [1.54, 1.807) is 23.3 Å². The van der Waals surface area contributed by atoms with Crippen molar-refractivity contribution in [3.05, 3.63) is 33.4 Å². The highest BCUT2D eigenvalue weighted by atomic mass is 32.2. The second kappa shape index (κ2) is 5.31. The van der Waals surface area contributed by atoms with E-state index in [1.165, 1.54) is 16.2 Å². The van der Waals surface area contributed by atoms with Gasteiger partial charge in [-0.2, -0.15) is 0 Å². The highest BCUT2D eigenvalue weighted by Crippen LogP contribution is 2.43. The van der Waals surface area contributed by atoms with Crippen molar-refractivity contribution >= 4 is 41.1 Å². The predicted molar refractivity (Wildman–Crippen MR) is 82.8 cm³/mol. The number of nitrogens with zero attached hydrogens (tertiary/aromatic N) is 2. The van der Waals surface area contributed by atoms with Crippen molar-refractivity contribution in [1.29, 1.82) is 0 Å². The van der Waals surface area contributed by atoms with Crippen molar-refractivity contribution in [3.63, 3.8) is 0 Å². The molecular formula is C14H14N2O3S2. The van der Waals surface area contributed by atoms with Crippen LogP contribution in [0.4, 0.5) is 0 Å². The summed E-state index contributed by atoms with van der Waals surface area (Å²) < 4.78 is 0. The summed E-state index contributed by atoms with van der Waals surface area (Å²) in [7, 11) is 0. The molecule has 0 bridgehead atoms. The molecule has 2 aliphatic heterocycles. The molecule has 1 N–H and O–H groups in total. The minimum absolute atomic E-state index is 0.0362. The Hall–Kier alpha value is -1.60. The summed E-state index contributed by atoms with van der Waals surface area (Å²) in [6.07, 6.45) is 3.67. The molecule has 0 spiro atoms. The lowest BCUT2D eigenvalue weighted by Crippen LogP contribution is -2.60. The van der Waals surface area contributed by atoms with E-state index >= 15 is 0 Å².